The molecule has 7 heteroatoms. The number of carbonyl (C=O) groups is 1. The van der Waals surface area contributed by atoms with E-state index in [1.54, 1.807) is 12.1 Å². The van der Waals surface area contributed by atoms with Gasteiger partial charge >= 0.3 is 0 Å². The third-order valence-corrected chi connectivity index (χ3v) is 4.49. The molecule has 0 aliphatic carbocycles. The Balaban J connectivity index is 2.14. The molecule has 0 aromatic heterocycles. The summed E-state index contributed by atoms with van der Waals surface area (Å²) >= 11 is 0. The first-order chi connectivity index (χ1) is 9.93. The zero-order valence-electron chi connectivity index (χ0n) is 11.6. The van der Waals surface area contributed by atoms with Crippen LogP contribution in [0.2, 0.25) is 0 Å². The van der Waals surface area contributed by atoms with Crippen LogP contribution in [0.15, 0.2) is 36.4 Å². The summed E-state index contributed by atoms with van der Waals surface area (Å²) in [7, 11) is -2.01. The Labute approximate surface area is 123 Å². The van der Waals surface area contributed by atoms with E-state index in [9.17, 15) is 13.2 Å². The van der Waals surface area contributed by atoms with Crippen LogP contribution in [0.5, 0.6) is 0 Å². The summed E-state index contributed by atoms with van der Waals surface area (Å²) in [6, 6.07) is 11.0. The summed E-state index contributed by atoms with van der Waals surface area (Å²) in [6.45, 7) is 0.0221. The summed E-state index contributed by atoms with van der Waals surface area (Å²) < 4.78 is 24.7. The van der Waals surface area contributed by atoms with Crippen molar-refractivity contribution in [3.8, 4) is 0 Å². The molecule has 6 nitrogen and oxygen atoms in total. The van der Waals surface area contributed by atoms with Crippen molar-refractivity contribution in [2.45, 2.75) is 0 Å². The molecule has 2 rings (SSSR count). The average Bonchev–Trinajstić information content (AvgIpc) is 2.46. The maximum absolute atomic E-state index is 12.1. The Morgan fingerprint density at radius 3 is 2.43 bits per heavy atom. The molecule has 0 bridgehead atoms. The number of fused-ring (bicyclic) bond motifs is 1. The predicted octanol–water partition coefficient (Wildman–Crippen LogP) is 0.701. The van der Waals surface area contributed by atoms with Crippen LogP contribution in [0.25, 0.3) is 10.8 Å². The maximum Gasteiger partial charge on any atom is 0.253 e. The highest BCUT2D eigenvalue weighted by molar-refractivity contribution is 7.89. The molecule has 0 aliphatic rings. The zero-order chi connectivity index (χ0) is 15.5. The molecule has 2 aromatic carbocycles. The lowest BCUT2D eigenvalue weighted by molar-refractivity contribution is 0.0957. The Morgan fingerprint density at radius 1 is 1.19 bits per heavy atom. The predicted molar refractivity (Wildman–Crippen MR) is 83.5 cm³/mol. The van der Waals surface area contributed by atoms with E-state index in [-0.39, 0.29) is 18.2 Å². The van der Waals surface area contributed by atoms with Gasteiger partial charge in [0.15, 0.2) is 0 Å². The summed E-state index contributed by atoms with van der Waals surface area (Å²) in [4.78, 5) is 12.1. The molecule has 0 heterocycles. The minimum absolute atomic E-state index is 0.0221. The molecule has 4 N–H and O–H groups in total. The topological polar surface area (TPSA) is 101 Å². The first-order valence-electron chi connectivity index (χ1n) is 6.40. The Kier molecular flexibility index (Phi) is 4.44. The highest BCUT2D eigenvalue weighted by atomic mass is 32.2. The molecule has 0 radical (unpaired) electrons. The van der Waals surface area contributed by atoms with Crippen LogP contribution < -0.4 is 15.8 Å². The van der Waals surface area contributed by atoms with Gasteiger partial charge in [0, 0.05) is 12.2 Å². The maximum atomic E-state index is 12.1. The number of nitrogen functional groups attached to an aromatic ring is 1. The third-order valence-electron chi connectivity index (χ3n) is 3.13. The van der Waals surface area contributed by atoms with E-state index in [1.165, 1.54) is 7.05 Å². The molecule has 0 aliphatic heterocycles. The van der Waals surface area contributed by atoms with Crippen molar-refractivity contribution in [3.63, 3.8) is 0 Å². The molecular weight excluding hydrogens is 290 g/mol. The standard InChI is InChI=1S/C14H17N3O3S/c1-16-21(19,20)7-6-17-14(18)12-8-10-4-2-3-5-11(10)9-13(12)15/h2-5,8-9,16H,6-7,15H2,1H3,(H,17,18). The molecule has 0 saturated carbocycles. The number of rotatable bonds is 5. The minimum Gasteiger partial charge on any atom is -0.398 e. The molecule has 112 valence electrons. The summed E-state index contributed by atoms with van der Waals surface area (Å²) in [5.41, 5.74) is 6.59. The highest BCUT2D eigenvalue weighted by Crippen LogP contribution is 2.21. The zero-order valence-corrected chi connectivity index (χ0v) is 12.4. The second-order valence-electron chi connectivity index (χ2n) is 4.57. The highest BCUT2D eigenvalue weighted by Gasteiger charge is 2.12. The Hall–Kier alpha value is -2.12. The molecule has 0 unspecified atom stereocenters. The number of nitrogens with two attached hydrogens (primary N) is 1. The van der Waals surface area contributed by atoms with Crippen molar-refractivity contribution >= 4 is 32.4 Å². The summed E-state index contributed by atoms with van der Waals surface area (Å²) in [6.07, 6.45) is 0. The van der Waals surface area contributed by atoms with Crippen LogP contribution in [-0.2, 0) is 10.0 Å². The smallest absolute Gasteiger partial charge is 0.253 e. The van der Waals surface area contributed by atoms with Crippen LogP contribution in [0.3, 0.4) is 0 Å². The van der Waals surface area contributed by atoms with E-state index in [0.717, 1.165) is 10.8 Å². The van der Waals surface area contributed by atoms with E-state index in [4.69, 9.17) is 5.73 Å². The molecule has 2 aromatic rings. The van der Waals surface area contributed by atoms with Gasteiger partial charge in [-0.2, -0.15) is 0 Å². The monoisotopic (exact) mass is 307 g/mol. The van der Waals surface area contributed by atoms with Crippen molar-refractivity contribution in [1.29, 1.82) is 0 Å². The molecule has 0 atom stereocenters. The molecule has 1 amide bonds. The van der Waals surface area contributed by atoms with E-state index in [0.29, 0.717) is 11.3 Å². The number of carbonyl (C=O) groups excluding carboxylic acids is 1. The second-order valence-corrected chi connectivity index (χ2v) is 6.61. The van der Waals surface area contributed by atoms with Gasteiger partial charge in [0.25, 0.3) is 5.91 Å². The van der Waals surface area contributed by atoms with Crippen molar-refractivity contribution in [1.82, 2.24) is 10.0 Å². The third kappa shape index (κ3) is 3.71. The molecule has 21 heavy (non-hydrogen) atoms. The van der Waals surface area contributed by atoms with Crippen LogP contribution in [0, 0.1) is 0 Å². The first kappa shape index (κ1) is 15.3. The number of hydrogen-bond donors (Lipinski definition) is 3. The van der Waals surface area contributed by atoms with Gasteiger partial charge < -0.3 is 11.1 Å². The number of benzene rings is 2. The second kappa shape index (κ2) is 6.11. The fourth-order valence-electron chi connectivity index (χ4n) is 1.95. The Morgan fingerprint density at radius 2 is 1.81 bits per heavy atom. The van der Waals surface area contributed by atoms with Gasteiger partial charge in [0.1, 0.15) is 0 Å². The minimum atomic E-state index is -3.34. The number of nitrogens with one attached hydrogen (secondary N) is 2. The van der Waals surface area contributed by atoms with E-state index in [2.05, 4.69) is 10.0 Å². The number of anilines is 1. The van der Waals surface area contributed by atoms with Gasteiger partial charge in [0.2, 0.25) is 10.0 Å². The van der Waals surface area contributed by atoms with Crippen molar-refractivity contribution < 1.29 is 13.2 Å². The fraction of sp³-hybridized carbons (Fsp3) is 0.214. The molecule has 0 fully saturated rings. The number of sulfonamides is 1. The van der Waals surface area contributed by atoms with Crippen LogP contribution in [-0.4, -0.2) is 33.7 Å². The van der Waals surface area contributed by atoms with Gasteiger partial charge in [0.05, 0.1) is 11.3 Å². The van der Waals surface area contributed by atoms with Gasteiger partial charge in [-0.05, 0) is 30.0 Å². The normalized spacial score (nSPS) is 11.5. The van der Waals surface area contributed by atoms with Crippen LogP contribution in [0.1, 0.15) is 10.4 Å². The van der Waals surface area contributed by atoms with E-state index < -0.39 is 10.0 Å². The van der Waals surface area contributed by atoms with Gasteiger partial charge in [-0.25, -0.2) is 13.1 Å². The number of amides is 1. The molecular formula is C14H17N3O3S. The van der Waals surface area contributed by atoms with Crippen LogP contribution >= 0.6 is 0 Å². The SMILES string of the molecule is CNS(=O)(=O)CCNC(=O)c1cc2ccccc2cc1N. The van der Waals surface area contributed by atoms with Crippen molar-refractivity contribution in [2.75, 3.05) is 25.1 Å². The lowest BCUT2D eigenvalue weighted by atomic mass is 10.0. The van der Waals surface area contributed by atoms with E-state index >= 15 is 0 Å². The largest absolute Gasteiger partial charge is 0.398 e. The lowest BCUT2D eigenvalue weighted by Gasteiger charge is -2.09. The van der Waals surface area contributed by atoms with E-state index in [1.807, 2.05) is 24.3 Å². The fourth-order valence-corrected chi connectivity index (χ4v) is 2.53. The quantitative estimate of drug-likeness (QED) is 0.708. The van der Waals surface area contributed by atoms with Gasteiger partial charge in [-0.3, -0.25) is 4.79 Å². The number of hydrogen-bond acceptors (Lipinski definition) is 4. The van der Waals surface area contributed by atoms with Gasteiger partial charge in [-0.15, -0.1) is 0 Å². The summed E-state index contributed by atoms with van der Waals surface area (Å²) in [5.74, 6) is -0.563. The van der Waals surface area contributed by atoms with Crippen molar-refractivity contribution in [3.05, 3.63) is 42.0 Å². The molecule has 0 saturated heterocycles. The molecule has 0 spiro atoms. The van der Waals surface area contributed by atoms with Crippen molar-refractivity contribution in [2.24, 2.45) is 0 Å². The lowest BCUT2D eigenvalue weighted by Crippen LogP contribution is -2.33. The van der Waals surface area contributed by atoms with Gasteiger partial charge in [-0.1, -0.05) is 24.3 Å². The van der Waals surface area contributed by atoms with Crippen LogP contribution in [0.4, 0.5) is 5.69 Å². The summed E-state index contributed by atoms with van der Waals surface area (Å²) in [5, 5.41) is 4.41. The average molecular weight is 307 g/mol. The Bertz CT molecular complexity index is 772. The first-order valence-corrected chi connectivity index (χ1v) is 8.06.